The molecule has 1 N–H and O–H groups in total. The van der Waals surface area contributed by atoms with Crippen LogP contribution in [-0.4, -0.2) is 26.8 Å². The lowest BCUT2D eigenvalue weighted by molar-refractivity contribution is -0.384. The minimum Gasteiger partial charge on any atom is -0.497 e. The Labute approximate surface area is 222 Å². The molecule has 0 aliphatic carbocycles. The van der Waals surface area contributed by atoms with Crippen LogP contribution in [0.3, 0.4) is 0 Å². The van der Waals surface area contributed by atoms with Gasteiger partial charge in [-0.2, -0.15) is 4.68 Å². The number of benzene rings is 3. The van der Waals surface area contributed by atoms with Crippen molar-refractivity contribution in [3.05, 3.63) is 103 Å². The zero-order valence-corrected chi connectivity index (χ0v) is 21.6. The van der Waals surface area contributed by atoms with Crippen LogP contribution < -0.4 is 10.3 Å². The predicted octanol–water partition coefficient (Wildman–Crippen LogP) is 7.05. The summed E-state index contributed by atoms with van der Waals surface area (Å²) < 4.78 is 7.22. The van der Waals surface area contributed by atoms with E-state index < -0.39 is 10.5 Å². The highest BCUT2D eigenvalue weighted by atomic mass is 79.9. The number of nitrogens with zero attached hydrogens (tertiary/aromatic N) is 5. The number of ether oxygens (including phenoxy) is 1. The van der Waals surface area contributed by atoms with Gasteiger partial charge < -0.3 is 4.74 Å². The van der Waals surface area contributed by atoms with Crippen molar-refractivity contribution in [2.24, 2.45) is 10.2 Å². The van der Waals surface area contributed by atoms with Gasteiger partial charge in [-0.1, -0.05) is 12.1 Å². The molecule has 2 heterocycles. The highest BCUT2D eigenvalue weighted by Gasteiger charge is 2.20. The molecule has 0 radical (unpaired) electrons. The third-order valence-electron chi connectivity index (χ3n) is 5.41. The van der Waals surface area contributed by atoms with Crippen molar-refractivity contribution >= 4 is 44.3 Å². The maximum atomic E-state index is 13.5. The third kappa shape index (κ3) is 4.97. The number of nitro benzene ring substituents is 1. The Morgan fingerprint density at radius 2 is 1.73 bits per heavy atom. The second kappa shape index (κ2) is 10.3. The van der Waals surface area contributed by atoms with Crippen molar-refractivity contribution in [3.63, 3.8) is 0 Å². The number of methoxy groups -OCH3 is 1. The number of hydrogen-bond acceptors (Lipinski definition) is 8. The van der Waals surface area contributed by atoms with Gasteiger partial charge in [0, 0.05) is 33.1 Å². The zero-order chi connectivity index (χ0) is 25.9. The standard InChI is InChI=1S/C25H17BrN6O4S/c1-36-18-12-8-15(9-13-18)21-14-37-25(27-21)31-24(33)23(29-28-20-5-3-2-4-19(20)26)22(30-31)16-6-10-17(11-7-16)32(34)35/h2-14,30H,1H3. The number of hydrogen-bond donors (Lipinski definition) is 1. The highest BCUT2D eigenvalue weighted by Crippen LogP contribution is 2.32. The van der Waals surface area contributed by atoms with Gasteiger partial charge >= 0.3 is 5.56 Å². The first-order valence-corrected chi connectivity index (χ1v) is 12.5. The van der Waals surface area contributed by atoms with Gasteiger partial charge in [0.1, 0.15) is 5.75 Å². The van der Waals surface area contributed by atoms with Crippen molar-refractivity contribution in [1.29, 1.82) is 0 Å². The zero-order valence-electron chi connectivity index (χ0n) is 19.2. The number of azo groups is 1. The van der Waals surface area contributed by atoms with E-state index in [2.05, 4.69) is 36.2 Å². The number of non-ortho nitro benzene ring substituents is 1. The van der Waals surface area contributed by atoms with Crippen LogP contribution in [0.2, 0.25) is 0 Å². The number of nitrogens with one attached hydrogen (secondary N) is 1. The summed E-state index contributed by atoms with van der Waals surface area (Å²) in [6.45, 7) is 0. The fraction of sp³-hybridized carbons (Fsp3) is 0.0400. The molecule has 2 aromatic heterocycles. The molecule has 0 atom stereocenters. The van der Waals surface area contributed by atoms with Gasteiger partial charge in [0.05, 0.1) is 29.1 Å². The van der Waals surface area contributed by atoms with Crippen LogP contribution in [0, 0.1) is 10.1 Å². The third-order valence-corrected chi connectivity index (χ3v) is 6.91. The van der Waals surface area contributed by atoms with Crippen molar-refractivity contribution in [3.8, 4) is 33.4 Å². The van der Waals surface area contributed by atoms with Crippen molar-refractivity contribution in [2.75, 3.05) is 7.11 Å². The maximum Gasteiger partial charge on any atom is 0.301 e. The fourth-order valence-electron chi connectivity index (χ4n) is 3.50. The first-order valence-electron chi connectivity index (χ1n) is 10.8. The van der Waals surface area contributed by atoms with Gasteiger partial charge in [-0.25, -0.2) is 4.98 Å². The molecule has 37 heavy (non-hydrogen) atoms. The molecule has 5 aromatic rings. The van der Waals surface area contributed by atoms with Gasteiger partial charge in [0.25, 0.3) is 5.69 Å². The van der Waals surface area contributed by atoms with E-state index in [1.165, 1.54) is 28.2 Å². The minimum absolute atomic E-state index is 0.0470. The largest absolute Gasteiger partial charge is 0.497 e. The summed E-state index contributed by atoms with van der Waals surface area (Å²) in [5.74, 6) is 0.729. The van der Waals surface area contributed by atoms with E-state index in [1.807, 2.05) is 47.8 Å². The van der Waals surface area contributed by atoms with Crippen LogP contribution in [-0.2, 0) is 0 Å². The van der Waals surface area contributed by atoms with Gasteiger partial charge in [-0.05, 0) is 64.5 Å². The molecule has 0 bridgehead atoms. The second-order valence-electron chi connectivity index (χ2n) is 7.68. The molecule has 184 valence electrons. The lowest BCUT2D eigenvalue weighted by Gasteiger charge is -2.01. The molecule has 3 aromatic carbocycles. The average Bonchev–Trinajstić information content (AvgIpc) is 3.53. The molecule has 5 rings (SSSR count). The van der Waals surface area contributed by atoms with Gasteiger partial charge in [-0.3, -0.25) is 20.0 Å². The lowest BCUT2D eigenvalue weighted by atomic mass is 10.1. The van der Waals surface area contributed by atoms with Crippen LogP contribution in [0.1, 0.15) is 0 Å². The van der Waals surface area contributed by atoms with Crippen molar-refractivity contribution in [2.45, 2.75) is 0 Å². The Morgan fingerprint density at radius 3 is 2.41 bits per heavy atom. The molecule has 0 saturated carbocycles. The lowest BCUT2D eigenvalue weighted by Crippen LogP contribution is -2.13. The molecule has 0 saturated heterocycles. The summed E-state index contributed by atoms with van der Waals surface area (Å²) in [5.41, 5.74) is 2.52. The Hall–Kier alpha value is -4.42. The smallest absolute Gasteiger partial charge is 0.301 e. The molecular weight excluding hydrogens is 560 g/mol. The van der Waals surface area contributed by atoms with E-state index in [1.54, 1.807) is 25.3 Å². The first kappa shape index (κ1) is 24.3. The number of H-pyrrole nitrogens is 1. The normalized spacial score (nSPS) is 11.2. The minimum atomic E-state index is -0.485. The predicted molar refractivity (Wildman–Crippen MR) is 144 cm³/mol. The number of nitro groups is 1. The summed E-state index contributed by atoms with van der Waals surface area (Å²) >= 11 is 4.71. The van der Waals surface area contributed by atoms with E-state index in [4.69, 9.17) is 4.74 Å². The topological polar surface area (TPSA) is 128 Å². The average molecular weight is 577 g/mol. The maximum absolute atomic E-state index is 13.5. The second-order valence-corrected chi connectivity index (χ2v) is 9.37. The van der Waals surface area contributed by atoms with Crippen LogP contribution in [0.5, 0.6) is 5.75 Å². The van der Waals surface area contributed by atoms with Gasteiger partial charge in [-0.15, -0.1) is 21.6 Å². The monoisotopic (exact) mass is 576 g/mol. The quantitative estimate of drug-likeness (QED) is 0.126. The van der Waals surface area contributed by atoms with E-state index >= 15 is 0 Å². The fourth-order valence-corrected chi connectivity index (χ4v) is 4.66. The number of halogens is 1. The van der Waals surface area contributed by atoms with E-state index in [0.717, 1.165) is 15.8 Å². The van der Waals surface area contributed by atoms with E-state index in [-0.39, 0.29) is 11.4 Å². The van der Waals surface area contributed by atoms with E-state index in [0.29, 0.717) is 27.8 Å². The molecule has 0 unspecified atom stereocenters. The molecule has 0 aliphatic rings. The summed E-state index contributed by atoms with van der Waals surface area (Å²) in [5, 5.41) is 24.9. The Kier molecular flexibility index (Phi) is 6.75. The van der Waals surface area contributed by atoms with Crippen molar-refractivity contribution < 1.29 is 9.66 Å². The highest BCUT2D eigenvalue weighted by molar-refractivity contribution is 9.10. The summed E-state index contributed by atoms with van der Waals surface area (Å²) in [4.78, 5) is 28.7. The molecule has 0 amide bonds. The van der Waals surface area contributed by atoms with Crippen LogP contribution in [0.25, 0.3) is 27.6 Å². The number of aromatic nitrogens is 3. The van der Waals surface area contributed by atoms with Crippen LogP contribution in [0.4, 0.5) is 17.1 Å². The molecule has 0 fully saturated rings. The molecular formula is C25H17BrN6O4S. The van der Waals surface area contributed by atoms with Crippen LogP contribution in [0.15, 0.2) is 97.7 Å². The Bertz CT molecular complexity index is 1670. The van der Waals surface area contributed by atoms with Crippen molar-refractivity contribution in [1.82, 2.24) is 14.8 Å². The summed E-state index contributed by atoms with van der Waals surface area (Å²) in [6, 6.07) is 20.5. The van der Waals surface area contributed by atoms with Crippen LogP contribution >= 0.6 is 27.3 Å². The Balaban J connectivity index is 1.59. The molecule has 0 spiro atoms. The van der Waals surface area contributed by atoms with Gasteiger partial charge in [0.2, 0.25) is 5.13 Å². The summed E-state index contributed by atoms with van der Waals surface area (Å²) in [6.07, 6.45) is 0. The number of rotatable bonds is 7. The SMILES string of the molecule is COc1ccc(-c2csc(-n3[nH]c(-c4ccc([N+](=O)[O-])cc4)c(N=Nc4ccccc4Br)c3=O)n2)cc1. The molecule has 0 aliphatic heterocycles. The number of thiazole rings is 1. The summed E-state index contributed by atoms with van der Waals surface area (Å²) in [7, 11) is 1.60. The molecule has 10 nitrogen and oxygen atoms in total. The molecule has 12 heteroatoms. The number of aromatic amines is 1. The van der Waals surface area contributed by atoms with E-state index in [9.17, 15) is 14.9 Å². The first-order chi connectivity index (χ1) is 17.9. The Morgan fingerprint density at radius 1 is 1.03 bits per heavy atom. The van der Waals surface area contributed by atoms with Gasteiger partial charge in [0.15, 0.2) is 5.69 Å².